The normalized spacial score (nSPS) is 19.1. The molecule has 1 unspecified atom stereocenters. The molecule has 2 rings (SSSR count). The van der Waals surface area contributed by atoms with E-state index in [2.05, 4.69) is 10.4 Å². The summed E-state index contributed by atoms with van der Waals surface area (Å²) < 4.78 is 6.59. The first-order valence-corrected chi connectivity index (χ1v) is 5.47. The fourth-order valence-electron chi connectivity index (χ4n) is 1.79. The first-order valence-electron chi connectivity index (χ1n) is 5.47. The second kappa shape index (κ2) is 4.25. The van der Waals surface area contributed by atoms with Crippen molar-refractivity contribution in [2.75, 3.05) is 7.11 Å². The molecule has 1 aromatic heterocycles. The Balaban J connectivity index is 2.09. The van der Waals surface area contributed by atoms with E-state index in [4.69, 9.17) is 4.74 Å². The van der Waals surface area contributed by atoms with Crippen molar-refractivity contribution in [3.63, 3.8) is 0 Å². The molecule has 1 fully saturated rings. The molecule has 0 saturated heterocycles. The zero-order valence-corrected chi connectivity index (χ0v) is 9.64. The molecule has 5 heteroatoms. The van der Waals surface area contributed by atoms with Gasteiger partial charge in [-0.2, -0.15) is 5.10 Å². The number of carbonyl (C=O) groups excluding carboxylic acids is 1. The van der Waals surface area contributed by atoms with Gasteiger partial charge < -0.3 is 4.74 Å². The zero-order valence-electron chi connectivity index (χ0n) is 9.64. The maximum absolute atomic E-state index is 11.8. The summed E-state index contributed by atoms with van der Waals surface area (Å²) in [6.45, 7) is 2.35. The molecule has 0 bridgehead atoms. The smallest absolute Gasteiger partial charge is 0.327 e. The number of rotatable bonds is 5. The van der Waals surface area contributed by atoms with E-state index in [1.807, 2.05) is 19.2 Å². The number of aromatic nitrogens is 2. The van der Waals surface area contributed by atoms with Crippen molar-refractivity contribution in [2.45, 2.75) is 37.9 Å². The number of carbonyl (C=O) groups is 1. The SMILES string of the molecule is COC(=O)C(C)(Cn1cccn1)NC1CC1. The zero-order chi connectivity index (χ0) is 11.6. The van der Waals surface area contributed by atoms with Crippen molar-refractivity contribution in [1.82, 2.24) is 15.1 Å². The highest BCUT2D eigenvalue weighted by Gasteiger charge is 2.39. The van der Waals surface area contributed by atoms with E-state index in [9.17, 15) is 4.79 Å². The van der Waals surface area contributed by atoms with Crippen molar-refractivity contribution in [1.29, 1.82) is 0 Å². The third kappa shape index (κ3) is 2.41. The Morgan fingerprint density at radius 3 is 2.94 bits per heavy atom. The van der Waals surface area contributed by atoms with Crippen LogP contribution in [0.1, 0.15) is 19.8 Å². The number of nitrogens with zero attached hydrogens (tertiary/aromatic N) is 2. The van der Waals surface area contributed by atoms with Crippen LogP contribution in [0.3, 0.4) is 0 Å². The Labute approximate surface area is 94.8 Å². The number of ether oxygens (including phenoxy) is 1. The van der Waals surface area contributed by atoms with Crippen LogP contribution in [0.25, 0.3) is 0 Å². The van der Waals surface area contributed by atoms with Gasteiger partial charge in [0.2, 0.25) is 0 Å². The van der Waals surface area contributed by atoms with Crippen molar-refractivity contribution in [3.05, 3.63) is 18.5 Å². The molecule has 88 valence electrons. The molecule has 1 N–H and O–H groups in total. The highest BCUT2D eigenvalue weighted by atomic mass is 16.5. The van der Waals surface area contributed by atoms with Crippen LogP contribution < -0.4 is 5.32 Å². The predicted molar refractivity (Wildman–Crippen MR) is 58.8 cm³/mol. The lowest BCUT2D eigenvalue weighted by Crippen LogP contribution is -2.54. The summed E-state index contributed by atoms with van der Waals surface area (Å²) in [6, 6.07) is 2.29. The Kier molecular flexibility index (Phi) is 2.96. The second-order valence-corrected chi connectivity index (χ2v) is 4.45. The Hall–Kier alpha value is -1.36. The molecular weight excluding hydrogens is 206 g/mol. The van der Waals surface area contributed by atoms with Crippen LogP contribution in [0, 0.1) is 0 Å². The first kappa shape index (κ1) is 11.1. The number of esters is 1. The molecule has 0 aromatic carbocycles. The number of hydrogen-bond acceptors (Lipinski definition) is 4. The van der Waals surface area contributed by atoms with Crippen LogP contribution in [-0.2, 0) is 16.1 Å². The highest BCUT2D eigenvalue weighted by molar-refractivity contribution is 5.80. The molecule has 0 amide bonds. The van der Waals surface area contributed by atoms with E-state index in [1.54, 1.807) is 10.9 Å². The maximum atomic E-state index is 11.8. The third-order valence-corrected chi connectivity index (χ3v) is 2.77. The summed E-state index contributed by atoms with van der Waals surface area (Å²) in [5.74, 6) is -0.241. The standard InChI is InChI=1S/C11H17N3O2/c1-11(10(15)16-2,13-9-4-5-9)8-14-7-3-6-12-14/h3,6-7,9,13H,4-5,8H2,1-2H3. The van der Waals surface area contributed by atoms with Gasteiger partial charge >= 0.3 is 5.97 Å². The largest absolute Gasteiger partial charge is 0.468 e. The monoisotopic (exact) mass is 223 g/mol. The fourth-order valence-corrected chi connectivity index (χ4v) is 1.79. The van der Waals surface area contributed by atoms with Crippen LogP contribution in [0.5, 0.6) is 0 Å². The average molecular weight is 223 g/mol. The van der Waals surface area contributed by atoms with Crippen LogP contribution in [0.2, 0.25) is 0 Å². The van der Waals surface area contributed by atoms with Crippen LogP contribution in [0.15, 0.2) is 18.5 Å². The minimum absolute atomic E-state index is 0.241. The Morgan fingerprint density at radius 2 is 2.44 bits per heavy atom. The lowest BCUT2D eigenvalue weighted by Gasteiger charge is -2.27. The molecule has 0 spiro atoms. The van der Waals surface area contributed by atoms with Crippen molar-refractivity contribution in [3.8, 4) is 0 Å². The second-order valence-electron chi connectivity index (χ2n) is 4.45. The summed E-state index contributed by atoms with van der Waals surface area (Å²) in [5, 5.41) is 7.44. The highest BCUT2D eigenvalue weighted by Crippen LogP contribution is 2.23. The molecular formula is C11H17N3O2. The van der Waals surface area contributed by atoms with Gasteiger partial charge in [0, 0.05) is 18.4 Å². The predicted octanol–water partition coefficient (Wildman–Crippen LogP) is 0.567. The molecule has 1 aliphatic carbocycles. The number of methoxy groups -OCH3 is 1. The van der Waals surface area contributed by atoms with Crippen LogP contribution in [-0.4, -0.2) is 34.4 Å². The van der Waals surface area contributed by atoms with Gasteiger partial charge in [-0.25, -0.2) is 4.79 Å². The van der Waals surface area contributed by atoms with Crippen molar-refractivity contribution >= 4 is 5.97 Å². The van der Waals surface area contributed by atoms with Gasteiger partial charge in [0.15, 0.2) is 0 Å². The summed E-state index contributed by atoms with van der Waals surface area (Å²) in [7, 11) is 1.41. The molecule has 0 aliphatic heterocycles. The van der Waals surface area contributed by atoms with E-state index in [-0.39, 0.29) is 5.97 Å². The minimum Gasteiger partial charge on any atom is -0.468 e. The van der Waals surface area contributed by atoms with Gasteiger partial charge in [-0.3, -0.25) is 10.00 Å². The van der Waals surface area contributed by atoms with E-state index in [1.165, 1.54) is 7.11 Å². The average Bonchev–Trinajstić information content (AvgIpc) is 2.91. The van der Waals surface area contributed by atoms with Crippen LogP contribution >= 0.6 is 0 Å². The van der Waals surface area contributed by atoms with E-state index in [0.717, 1.165) is 12.8 Å². The topological polar surface area (TPSA) is 56.2 Å². The first-order chi connectivity index (χ1) is 7.64. The molecule has 1 atom stereocenters. The summed E-state index contributed by atoms with van der Waals surface area (Å²) in [6.07, 6.45) is 5.81. The number of nitrogens with one attached hydrogen (secondary N) is 1. The van der Waals surface area contributed by atoms with Gasteiger partial charge in [-0.1, -0.05) is 0 Å². The summed E-state index contributed by atoms with van der Waals surface area (Å²) >= 11 is 0. The molecule has 16 heavy (non-hydrogen) atoms. The summed E-state index contributed by atoms with van der Waals surface area (Å²) in [4.78, 5) is 11.8. The lowest BCUT2D eigenvalue weighted by molar-refractivity contribution is -0.148. The maximum Gasteiger partial charge on any atom is 0.327 e. The fraction of sp³-hybridized carbons (Fsp3) is 0.636. The molecule has 1 aromatic rings. The minimum atomic E-state index is -0.693. The molecule has 1 saturated carbocycles. The van der Waals surface area contributed by atoms with E-state index < -0.39 is 5.54 Å². The number of hydrogen-bond donors (Lipinski definition) is 1. The molecule has 5 nitrogen and oxygen atoms in total. The molecule has 1 aliphatic rings. The summed E-state index contributed by atoms with van der Waals surface area (Å²) in [5.41, 5.74) is -0.693. The van der Waals surface area contributed by atoms with Gasteiger partial charge in [0.1, 0.15) is 5.54 Å². The van der Waals surface area contributed by atoms with Gasteiger partial charge in [-0.15, -0.1) is 0 Å². The Bertz CT molecular complexity index is 359. The Morgan fingerprint density at radius 1 is 1.69 bits per heavy atom. The van der Waals surface area contributed by atoms with Gasteiger partial charge in [-0.05, 0) is 25.8 Å². The van der Waals surface area contributed by atoms with Gasteiger partial charge in [0.05, 0.1) is 13.7 Å². The molecule has 0 radical (unpaired) electrons. The van der Waals surface area contributed by atoms with E-state index in [0.29, 0.717) is 12.6 Å². The van der Waals surface area contributed by atoms with Crippen molar-refractivity contribution in [2.24, 2.45) is 0 Å². The van der Waals surface area contributed by atoms with Crippen molar-refractivity contribution < 1.29 is 9.53 Å². The molecule has 1 heterocycles. The third-order valence-electron chi connectivity index (χ3n) is 2.77. The quantitative estimate of drug-likeness (QED) is 0.741. The van der Waals surface area contributed by atoms with Crippen LogP contribution in [0.4, 0.5) is 0 Å². The lowest BCUT2D eigenvalue weighted by atomic mass is 10.0. The van der Waals surface area contributed by atoms with E-state index >= 15 is 0 Å². The van der Waals surface area contributed by atoms with Gasteiger partial charge in [0.25, 0.3) is 0 Å².